The third kappa shape index (κ3) is 2.28. The Morgan fingerprint density at radius 3 is 2.33 bits per heavy atom. The number of allylic oxidation sites excluding steroid dienone is 1. The van der Waals surface area contributed by atoms with Crippen LogP contribution in [0.15, 0.2) is 11.6 Å². The molecule has 2 fully saturated rings. The monoisotopic (exact) mass is 252 g/mol. The molecule has 0 aromatic carbocycles. The van der Waals surface area contributed by atoms with Gasteiger partial charge in [0.1, 0.15) is 5.57 Å². The van der Waals surface area contributed by atoms with Crippen molar-refractivity contribution in [2.45, 2.75) is 52.2 Å². The molecule has 1 aliphatic heterocycles. The molecule has 2 rings (SSSR count). The van der Waals surface area contributed by atoms with Gasteiger partial charge in [-0.25, -0.2) is 9.59 Å². The number of hydrogen-bond donors (Lipinski definition) is 0. The van der Waals surface area contributed by atoms with Crippen molar-refractivity contribution < 1.29 is 19.1 Å². The molecule has 4 heteroatoms. The standard InChI is InChI=1S/C14H20O4/c1-9(2)8-11-12(15)17-14(18-13(11)16)7-5-4-6-10(14)3/h8-10H,4-7H2,1-3H3. The average molecular weight is 252 g/mol. The second-order valence-electron chi connectivity index (χ2n) is 5.56. The van der Waals surface area contributed by atoms with Crippen molar-refractivity contribution in [2.24, 2.45) is 11.8 Å². The highest BCUT2D eigenvalue weighted by molar-refractivity contribution is 6.15. The second kappa shape index (κ2) is 4.75. The molecule has 1 heterocycles. The summed E-state index contributed by atoms with van der Waals surface area (Å²) in [6, 6.07) is 0. The second-order valence-corrected chi connectivity index (χ2v) is 5.56. The lowest BCUT2D eigenvalue weighted by Crippen LogP contribution is -2.52. The largest absolute Gasteiger partial charge is 0.418 e. The Balaban J connectivity index is 2.23. The van der Waals surface area contributed by atoms with Gasteiger partial charge in [0.25, 0.3) is 5.79 Å². The lowest BCUT2D eigenvalue weighted by Gasteiger charge is -2.43. The molecule has 2 aliphatic rings. The number of rotatable bonds is 1. The van der Waals surface area contributed by atoms with Crippen molar-refractivity contribution in [2.75, 3.05) is 0 Å². The summed E-state index contributed by atoms with van der Waals surface area (Å²) in [6.07, 6.45) is 5.15. The molecule has 1 saturated carbocycles. The van der Waals surface area contributed by atoms with Crippen molar-refractivity contribution in [1.82, 2.24) is 0 Å². The first-order chi connectivity index (χ1) is 8.44. The zero-order valence-electron chi connectivity index (χ0n) is 11.2. The SMILES string of the molecule is CC(C)C=C1C(=O)OC2(CCCCC2C)OC1=O. The Kier molecular flexibility index (Phi) is 3.46. The lowest BCUT2D eigenvalue weighted by molar-refractivity contribution is -0.261. The molecule has 1 saturated heterocycles. The maximum absolute atomic E-state index is 12.0. The van der Waals surface area contributed by atoms with E-state index < -0.39 is 17.7 Å². The van der Waals surface area contributed by atoms with Gasteiger partial charge in [0.15, 0.2) is 0 Å². The number of ether oxygens (including phenoxy) is 2. The van der Waals surface area contributed by atoms with Crippen molar-refractivity contribution >= 4 is 11.9 Å². The molecular weight excluding hydrogens is 232 g/mol. The van der Waals surface area contributed by atoms with Crippen LogP contribution in [-0.4, -0.2) is 17.7 Å². The van der Waals surface area contributed by atoms with Gasteiger partial charge in [-0.05, 0) is 18.8 Å². The molecular formula is C14H20O4. The van der Waals surface area contributed by atoms with Crippen LogP contribution in [0, 0.1) is 11.8 Å². The van der Waals surface area contributed by atoms with E-state index in [1.165, 1.54) is 0 Å². The maximum Gasteiger partial charge on any atom is 0.348 e. The molecule has 4 nitrogen and oxygen atoms in total. The summed E-state index contributed by atoms with van der Waals surface area (Å²) in [7, 11) is 0. The number of carbonyl (C=O) groups excluding carboxylic acids is 2. The molecule has 0 aromatic heterocycles. The summed E-state index contributed by atoms with van der Waals surface area (Å²) in [5, 5.41) is 0. The molecule has 100 valence electrons. The van der Waals surface area contributed by atoms with Crippen molar-refractivity contribution in [3.8, 4) is 0 Å². The van der Waals surface area contributed by atoms with Gasteiger partial charge in [-0.3, -0.25) is 0 Å². The normalized spacial score (nSPS) is 32.4. The van der Waals surface area contributed by atoms with Crippen LogP contribution >= 0.6 is 0 Å². The summed E-state index contributed by atoms with van der Waals surface area (Å²) in [5.74, 6) is -1.90. The van der Waals surface area contributed by atoms with Crippen LogP contribution in [0.3, 0.4) is 0 Å². The van der Waals surface area contributed by atoms with E-state index in [0.717, 1.165) is 19.3 Å². The number of esters is 2. The smallest absolute Gasteiger partial charge is 0.348 e. The summed E-state index contributed by atoms with van der Waals surface area (Å²) in [6.45, 7) is 5.78. The number of carbonyl (C=O) groups is 2. The highest BCUT2D eigenvalue weighted by atomic mass is 16.7. The Hall–Kier alpha value is -1.32. The van der Waals surface area contributed by atoms with Gasteiger partial charge in [-0.1, -0.05) is 33.3 Å². The average Bonchev–Trinajstić information content (AvgIpc) is 2.28. The zero-order chi connectivity index (χ0) is 13.3. The summed E-state index contributed by atoms with van der Waals surface area (Å²) in [5.41, 5.74) is 0.0356. The highest BCUT2D eigenvalue weighted by Gasteiger charge is 2.50. The fourth-order valence-electron chi connectivity index (χ4n) is 2.59. The Labute approximate surface area is 107 Å². The van der Waals surface area contributed by atoms with Gasteiger partial charge in [0, 0.05) is 12.3 Å². The molecule has 0 aromatic rings. The van der Waals surface area contributed by atoms with Crippen LogP contribution in [0.5, 0.6) is 0 Å². The molecule has 18 heavy (non-hydrogen) atoms. The van der Waals surface area contributed by atoms with Gasteiger partial charge < -0.3 is 9.47 Å². The van der Waals surface area contributed by atoms with Crippen molar-refractivity contribution in [3.63, 3.8) is 0 Å². The minimum Gasteiger partial charge on any atom is -0.418 e. The first kappa shape index (κ1) is 13.1. The summed E-state index contributed by atoms with van der Waals surface area (Å²) >= 11 is 0. The predicted molar refractivity (Wildman–Crippen MR) is 65.5 cm³/mol. The maximum atomic E-state index is 12.0. The minimum absolute atomic E-state index is 0.0356. The van der Waals surface area contributed by atoms with Gasteiger partial charge in [-0.2, -0.15) is 0 Å². The minimum atomic E-state index is -1.01. The van der Waals surface area contributed by atoms with E-state index in [1.54, 1.807) is 6.08 Å². The summed E-state index contributed by atoms with van der Waals surface area (Å²) in [4.78, 5) is 23.9. The van der Waals surface area contributed by atoms with Crippen LogP contribution in [0.4, 0.5) is 0 Å². The van der Waals surface area contributed by atoms with Crippen LogP contribution in [0.2, 0.25) is 0 Å². The third-order valence-corrected chi connectivity index (χ3v) is 3.63. The predicted octanol–water partition coefficient (Wildman–Crippen LogP) is 2.58. The van der Waals surface area contributed by atoms with Gasteiger partial charge in [0.2, 0.25) is 0 Å². The van der Waals surface area contributed by atoms with Gasteiger partial charge in [0.05, 0.1) is 0 Å². The highest BCUT2D eigenvalue weighted by Crippen LogP contribution is 2.41. The van der Waals surface area contributed by atoms with Crippen LogP contribution in [-0.2, 0) is 19.1 Å². The molecule has 1 unspecified atom stereocenters. The molecule has 0 N–H and O–H groups in total. The van der Waals surface area contributed by atoms with Crippen molar-refractivity contribution in [3.05, 3.63) is 11.6 Å². The zero-order valence-corrected chi connectivity index (χ0v) is 11.2. The molecule has 0 amide bonds. The first-order valence-corrected chi connectivity index (χ1v) is 6.63. The van der Waals surface area contributed by atoms with E-state index in [1.807, 2.05) is 20.8 Å². The molecule has 1 spiro atoms. The molecule has 0 radical (unpaired) electrons. The first-order valence-electron chi connectivity index (χ1n) is 6.63. The summed E-state index contributed by atoms with van der Waals surface area (Å²) < 4.78 is 10.9. The molecule has 0 bridgehead atoms. The van der Waals surface area contributed by atoms with E-state index in [0.29, 0.717) is 6.42 Å². The van der Waals surface area contributed by atoms with E-state index in [9.17, 15) is 9.59 Å². The fourth-order valence-corrected chi connectivity index (χ4v) is 2.59. The van der Waals surface area contributed by atoms with Gasteiger partial charge in [-0.15, -0.1) is 0 Å². The van der Waals surface area contributed by atoms with E-state index in [-0.39, 0.29) is 17.4 Å². The Bertz CT molecular complexity index is 375. The van der Waals surface area contributed by atoms with Gasteiger partial charge >= 0.3 is 11.9 Å². The van der Waals surface area contributed by atoms with E-state index in [2.05, 4.69) is 0 Å². The number of hydrogen-bond acceptors (Lipinski definition) is 4. The molecule has 1 atom stereocenters. The third-order valence-electron chi connectivity index (χ3n) is 3.63. The topological polar surface area (TPSA) is 52.6 Å². The molecule has 1 aliphatic carbocycles. The van der Waals surface area contributed by atoms with E-state index in [4.69, 9.17) is 9.47 Å². The van der Waals surface area contributed by atoms with Crippen LogP contribution in [0.1, 0.15) is 46.5 Å². The van der Waals surface area contributed by atoms with E-state index >= 15 is 0 Å². The Morgan fingerprint density at radius 1 is 1.22 bits per heavy atom. The van der Waals surface area contributed by atoms with Crippen molar-refractivity contribution in [1.29, 1.82) is 0 Å². The van der Waals surface area contributed by atoms with Crippen LogP contribution < -0.4 is 0 Å². The Morgan fingerprint density at radius 2 is 1.83 bits per heavy atom. The lowest BCUT2D eigenvalue weighted by atomic mass is 9.84. The quantitative estimate of drug-likeness (QED) is 0.409. The fraction of sp³-hybridized carbons (Fsp3) is 0.714. The van der Waals surface area contributed by atoms with Crippen LogP contribution in [0.25, 0.3) is 0 Å².